The zero-order valence-corrected chi connectivity index (χ0v) is 21.6. The third-order valence-electron chi connectivity index (χ3n) is 8.00. The van der Waals surface area contributed by atoms with Gasteiger partial charge in [-0.2, -0.15) is 13.2 Å². The van der Waals surface area contributed by atoms with E-state index in [-0.39, 0.29) is 29.5 Å². The Kier molecular flexibility index (Phi) is 7.71. The van der Waals surface area contributed by atoms with E-state index in [1.165, 1.54) is 7.11 Å². The fourth-order valence-corrected chi connectivity index (χ4v) is 6.03. The van der Waals surface area contributed by atoms with Crippen molar-refractivity contribution < 1.29 is 27.5 Å². The number of allylic oxidation sites excluding steroid dienone is 4. The minimum Gasteiger partial charge on any atom is -0.453 e. The molecule has 1 saturated carbocycles. The van der Waals surface area contributed by atoms with E-state index in [0.29, 0.717) is 24.1 Å². The van der Waals surface area contributed by atoms with E-state index in [0.717, 1.165) is 24.5 Å². The number of alkyl carbamates (subject to hydrolysis) is 1. The van der Waals surface area contributed by atoms with Gasteiger partial charge in [0.2, 0.25) is 5.91 Å². The van der Waals surface area contributed by atoms with Gasteiger partial charge in [-0.05, 0) is 69.1 Å². The molecule has 2 unspecified atom stereocenters. The number of alkyl halides is 3. The number of hydrogen-bond acceptors (Lipinski definition) is 5. The summed E-state index contributed by atoms with van der Waals surface area (Å²) in [6.07, 6.45) is 2.06. The SMILES string of the molecule is COC(=O)N[C@@H](C(=O)NC1CCC(C2C(C)=CC=C3N=C(C(F)(F)F)C=C(N)C32C)CC1)c1ccccc1. The number of nitrogens with two attached hydrogens (primary N) is 1. The van der Waals surface area contributed by atoms with Crippen molar-refractivity contribution in [1.82, 2.24) is 10.6 Å². The maximum absolute atomic E-state index is 13.4. The van der Waals surface area contributed by atoms with Gasteiger partial charge in [0.15, 0.2) is 0 Å². The lowest BCUT2D eigenvalue weighted by molar-refractivity contribution is -0.124. The number of carbonyl (C=O) groups is 2. The summed E-state index contributed by atoms with van der Waals surface area (Å²) >= 11 is 0. The third-order valence-corrected chi connectivity index (χ3v) is 8.00. The maximum atomic E-state index is 13.4. The van der Waals surface area contributed by atoms with E-state index in [4.69, 9.17) is 10.5 Å². The molecule has 0 saturated heterocycles. The molecule has 1 fully saturated rings. The molecule has 7 nitrogen and oxygen atoms in total. The number of rotatable bonds is 5. The molecule has 2 amide bonds. The van der Waals surface area contributed by atoms with Gasteiger partial charge in [0.05, 0.1) is 18.2 Å². The number of ether oxygens (including phenoxy) is 1. The van der Waals surface area contributed by atoms with Crippen LogP contribution < -0.4 is 16.4 Å². The van der Waals surface area contributed by atoms with Gasteiger partial charge in [0, 0.05) is 11.7 Å². The van der Waals surface area contributed by atoms with Crippen LogP contribution >= 0.6 is 0 Å². The number of nitrogens with zero attached hydrogens (tertiary/aromatic N) is 1. The molecule has 1 aromatic rings. The first kappa shape index (κ1) is 27.5. The van der Waals surface area contributed by atoms with Crippen molar-refractivity contribution in [2.45, 2.75) is 57.8 Å². The Morgan fingerprint density at radius 3 is 2.39 bits per heavy atom. The standard InChI is InChI=1S/C28H33F3N4O3/c1-16-9-14-21-27(2,20(32)15-22(34-21)28(29,30)31)23(16)17-10-12-19(13-11-17)33-25(36)24(35-26(37)38-3)18-7-5-4-6-8-18/h4-9,14-15,17,19,23-24H,10-13,32H2,1-3H3,(H,33,36)(H,35,37)/t17?,19?,23?,24-,27?/m1/s1. The molecule has 10 heteroatoms. The molecule has 0 radical (unpaired) electrons. The summed E-state index contributed by atoms with van der Waals surface area (Å²) in [7, 11) is 1.24. The van der Waals surface area contributed by atoms with Gasteiger partial charge in [0.1, 0.15) is 11.8 Å². The van der Waals surface area contributed by atoms with E-state index >= 15 is 0 Å². The van der Waals surface area contributed by atoms with E-state index in [2.05, 4.69) is 15.6 Å². The first-order valence-corrected chi connectivity index (χ1v) is 12.7. The zero-order chi connectivity index (χ0) is 27.7. The summed E-state index contributed by atoms with van der Waals surface area (Å²) < 4.78 is 44.9. The van der Waals surface area contributed by atoms with Gasteiger partial charge < -0.3 is 21.1 Å². The fourth-order valence-electron chi connectivity index (χ4n) is 6.03. The van der Waals surface area contributed by atoms with Crippen LogP contribution in [0.15, 0.2) is 70.5 Å². The highest BCUT2D eigenvalue weighted by molar-refractivity contribution is 6.02. The molecule has 0 spiro atoms. The first-order valence-electron chi connectivity index (χ1n) is 12.7. The van der Waals surface area contributed by atoms with Crippen LogP contribution in [0.5, 0.6) is 0 Å². The van der Waals surface area contributed by atoms with Crippen LogP contribution in [0.25, 0.3) is 0 Å². The molecule has 4 rings (SSSR count). The van der Waals surface area contributed by atoms with Crippen molar-refractivity contribution in [2.75, 3.05) is 7.11 Å². The lowest BCUT2D eigenvalue weighted by Gasteiger charge is -2.48. The van der Waals surface area contributed by atoms with Gasteiger partial charge in [-0.1, -0.05) is 42.0 Å². The molecule has 204 valence electrons. The minimum absolute atomic E-state index is 0.103. The smallest absolute Gasteiger partial charge is 0.433 e. The molecular formula is C28H33F3N4O3. The van der Waals surface area contributed by atoms with Gasteiger partial charge in [-0.15, -0.1) is 0 Å². The predicted molar refractivity (Wildman–Crippen MR) is 138 cm³/mol. The predicted octanol–water partition coefficient (Wildman–Crippen LogP) is 5.08. The van der Waals surface area contributed by atoms with Crippen LogP contribution in [-0.4, -0.2) is 37.0 Å². The van der Waals surface area contributed by atoms with Crippen molar-refractivity contribution in [1.29, 1.82) is 0 Å². The lowest BCUT2D eigenvalue weighted by Crippen LogP contribution is -2.48. The monoisotopic (exact) mass is 530 g/mol. The first-order chi connectivity index (χ1) is 17.9. The Bertz CT molecular complexity index is 1200. The zero-order valence-electron chi connectivity index (χ0n) is 21.6. The van der Waals surface area contributed by atoms with Crippen LogP contribution in [0.1, 0.15) is 51.1 Å². The molecule has 1 aromatic carbocycles. The Balaban J connectivity index is 1.46. The van der Waals surface area contributed by atoms with Crippen molar-refractivity contribution in [3.05, 3.63) is 71.1 Å². The maximum Gasteiger partial charge on any atom is 0.433 e. The van der Waals surface area contributed by atoms with Crippen LogP contribution in [0.3, 0.4) is 0 Å². The second-order valence-corrected chi connectivity index (χ2v) is 10.3. The second-order valence-electron chi connectivity index (χ2n) is 10.3. The van der Waals surface area contributed by atoms with Crippen molar-refractivity contribution in [2.24, 2.45) is 28.0 Å². The number of nitrogens with one attached hydrogen (secondary N) is 2. The lowest BCUT2D eigenvalue weighted by atomic mass is 9.58. The van der Waals surface area contributed by atoms with E-state index < -0.39 is 29.4 Å². The highest BCUT2D eigenvalue weighted by Gasteiger charge is 2.50. The average Bonchev–Trinajstić information content (AvgIpc) is 2.88. The van der Waals surface area contributed by atoms with Crippen molar-refractivity contribution >= 4 is 17.7 Å². The Labute approximate surface area is 220 Å². The number of hydrogen-bond donors (Lipinski definition) is 3. The molecule has 2 aliphatic carbocycles. The molecule has 1 aliphatic heterocycles. The van der Waals surface area contributed by atoms with Crippen LogP contribution in [0, 0.1) is 17.3 Å². The van der Waals surface area contributed by atoms with Crippen molar-refractivity contribution in [3.63, 3.8) is 0 Å². The number of aliphatic imine (C=N–C) groups is 1. The highest BCUT2D eigenvalue weighted by atomic mass is 19.4. The minimum atomic E-state index is -4.57. The summed E-state index contributed by atoms with van der Waals surface area (Å²) in [5.74, 6) is -0.280. The molecule has 3 atom stereocenters. The summed E-state index contributed by atoms with van der Waals surface area (Å²) in [4.78, 5) is 29.0. The van der Waals surface area contributed by atoms with Gasteiger partial charge in [-0.25, -0.2) is 9.79 Å². The fraction of sp³-hybridized carbons (Fsp3) is 0.464. The Morgan fingerprint density at radius 1 is 1.13 bits per heavy atom. The van der Waals surface area contributed by atoms with Crippen LogP contribution in [-0.2, 0) is 9.53 Å². The number of halogens is 3. The highest BCUT2D eigenvalue weighted by Crippen LogP contribution is 2.54. The largest absolute Gasteiger partial charge is 0.453 e. The van der Waals surface area contributed by atoms with Gasteiger partial charge in [0.25, 0.3) is 0 Å². The third kappa shape index (κ3) is 5.35. The normalized spacial score (nSPS) is 28.0. The summed E-state index contributed by atoms with van der Waals surface area (Å²) in [5, 5.41) is 5.65. The number of methoxy groups -OCH3 is 1. The van der Waals surface area contributed by atoms with Gasteiger partial charge >= 0.3 is 12.3 Å². The summed E-state index contributed by atoms with van der Waals surface area (Å²) in [6.45, 7) is 3.86. The van der Waals surface area contributed by atoms with E-state index in [1.54, 1.807) is 30.3 Å². The second kappa shape index (κ2) is 10.7. The topological polar surface area (TPSA) is 106 Å². The molecule has 4 N–H and O–H groups in total. The summed E-state index contributed by atoms with van der Waals surface area (Å²) in [5.41, 5.74) is 6.68. The molecular weight excluding hydrogens is 497 g/mol. The molecule has 3 aliphatic rings. The van der Waals surface area contributed by atoms with Crippen molar-refractivity contribution in [3.8, 4) is 0 Å². The van der Waals surface area contributed by atoms with E-state index in [1.807, 2.05) is 26.0 Å². The average molecular weight is 531 g/mol. The molecule has 38 heavy (non-hydrogen) atoms. The molecule has 0 aromatic heterocycles. The summed E-state index contributed by atoms with van der Waals surface area (Å²) in [6, 6.07) is 7.92. The number of fused-ring (bicyclic) bond motifs is 1. The number of carbonyl (C=O) groups excluding carboxylic acids is 2. The molecule has 0 bridgehead atoms. The van der Waals surface area contributed by atoms with Crippen LogP contribution in [0.2, 0.25) is 0 Å². The molecule has 1 heterocycles. The van der Waals surface area contributed by atoms with Crippen LogP contribution in [0.4, 0.5) is 18.0 Å². The van der Waals surface area contributed by atoms with E-state index in [9.17, 15) is 22.8 Å². The number of dihydropyridines is 1. The Hall–Kier alpha value is -3.56. The Morgan fingerprint density at radius 2 is 1.79 bits per heavy atom. The number of amides is 2. The van der Waals surface area contributed by atoms with Gasteiger partial charge in [-0.3, -0.25) is 4.79 Å². The number of benzene rings is 1. The quantitative estimate of drug-likeness (QED) is 0.493.